The summed E-state index contributed by atoms with van der Waals surface area (Å²) in [5.74, 6) is -4.58. The van der Waals surface area contributed by atoms with Crippen molar-refractivity contribution in [3.63, 3.8) is 0 Å². The number of benzene rings is 1. The van der Waals surface area contributed by atoms with Gasteiger partial charge in [-0.25, -0.2) is 8.78 Å². The fourth-order valence-corrected chi connectivity index (χ4v) is 2.60. The minimum Gasteiger partial charge on any atom is -0.480 e. The zero-order valence-corrected chi connectivity index (χ0v) is 9.35. The summed E-state index contributed by atoms with van der Waals surface area (Å²) in [6.45, 7) is 0. The van der Waals surface area contributed by atoms with Crippen LogP contribution in [0.5, 0.6) is 0 Å². The molecular formula is C11H10F2O2S. The summed E-state index contributed by atoms with van der Waals surface area (Å²) in [7, 11) is 0. The molecule has 0 bridgehead atoms. The second-order valence-electron chi connectivity index (χ2n) is 3.79. The van der Waals surface area contributed by atoms with Gasteiger partial charge in [-0.1, -0.05) is 18.2 Å². The molecule has 1 aromatic carbocycles. The summed E-state index contributed by atoms with van der Waals surface area (Å²) in [6, 6.07) is 6.44. The van der Waals surface area contributed by atoms with Gasteiger partial charge in [0.05, 0.1) is 0 Å². The minimum atomic E-state index is -3.13. The summed E-state index contributed by atoms with van der Waals surface area (Å²) in [5.41, 5.74) is -1.79. The van der Waals surface area contributed by atoms with Crippen LogP contribution in [0.4, 0.5) is 8.78 Å². The van der Waals surface area contributed by atoms with Gasteiger partial charge in [-0.05, 0) is 17.9 Å². The minimum absolute atomic E-state index is 0.222. The molecule has 0 aromatic heterocycles. The molecule has 0 aliphatic heterocycles. The van der Waals surface area contributed by atoms with Crippen LogP contribution < -0.4 is 0 Å². The van der Waals surface area contributed by atoms with Gasteiger partial charge in [-0.3, -0.25) is 4.79 Å². The fraction of sp³-hybridized carbons (Fsp3) is 0.364. The Morgan fingerprint density at radius 3 is 2.44 bits per heavy atom. The number of rotatable bonds is 3. The van der Waals surface area contributed by atoms with Crippen LogP contribution in [-0.4, -0.2) is 23.3 Å². The molecule has 16 heavy (non-hydrogen) atoms. The zero-order valence-electron chi connectivity index (χ0n) is 8.54. The van der Waals surface area contributed by atoms with Gasteiger partial charge in [0.15, 0.2) is 5.41 Å². The molecule has 1 saturated carbocycles. The Labute approximate surface area is 95.7 Å². The maximum Gasteiger partial charge on any atom is 0.320 e. The number of thioether (sulfide) groups is 1. The SMILES string of the molecule is CSc1ccccc1C1(C(=O)O)CC1(F)F. The lowest BCUT2D eigenvalue weighted by atomic mass is 9.95. The smallest absolute Gasteiger partial charge is 0.320 e. The van der Waals surface area contributed by atoms with Gasteiger partial charge in [-0.2, -0.15) is 0 Å². The van der Waals surface area contributed by atoms with E-state index in [2.05, 4.69) is 0 Å². The maximum atomic E-state index is 13.3. The highest BCUT2D eigenvalue weighted by Crippen LogP contribution is 2.62. The third kappa shape index (κ3) is 1.34. The number of carbonyl (C=O) groups is 1. The Balaban J connectivity index is 2.55. The number of carboxylic acids is 1. The summed E-state index contributed by atoms with van der Waals surface area (Å²) in [5, 5.41) is 9.02. The highest BCUT2D eigenvalue weighted by atomic mass is 32.2. The monoisotopic (exact) mass is 244 g/mol. The lowest BCUT2D eigenvalue weighted by Gasteiger charge is -2.14. The van der Waals surface area contributed by atoms with Gasteiger partial charge in [0.25, 0.3) is 5.92 Å². The van der Waals surface area contributed by atoms with Crippen LogP contribution in [0.25, 0.3) is 0 Å². The van der Waals surface area contributed by atoms with Gasteiger partial charge < -0.3 is 5.11 Å². The fourth-order valence-electron chi connectivity index (χ4n) is 1.93. The number of aliphatic carboxylic acids is 1. The first kappa shape index (κ1) is 11.4. The van der Waals surface area contributed by atoms with Gasteiger partial charge in [0.2, 0.25) is 0 Å². The number of alkyl halides is 2. The molecular weight excluding hydrogens is 234 g/mol. The van der Waals surface area contributed by atoms with E-state index < -0.39 is 23.7 Å². The van der Waals surface area contributed by atoms with E-state index in [4.69, 9.17) is 5.11 Å². The number of carboxylic acid groups (broad SMARTS) is 1. The van der Waals surface area contributed by atoms with Crippen molar-refractivity contribution in [1.29, 1.82) is 0 Å². The van der Waals surface area contributed by atoms with Gasteiger partial charge in [0.1, 0.15) is 0 Å². The van der Waals surface area contributed by atoms with Crippen LogP contribution in [0.1, 0.15) is 12.0 Å². The number of halogens is 2. The summed E-state index contributed by atoms with van der Waals surface area (Å²) in [6.07, 6.45) is 1.14. The van der Waals surface area contributed by atoms with Crippen LogP contribution in [0.15, 0.2) is 29.2 Å². The van der Waals surface area contributed by atoms with E-state index >= 15 is 0 Å². The van der Waals surface area contributed by atoms with Crippen LogP contribution in [0.2, 0.25) is 0 Å². The molecule has 0 amide bonds. The highest BCUT2D eigenvalue weighted by molar-refractivity contribution is 7.98. The van der Waals surface area contributed by atoms with E-state index in [0.29, 0.717) is 4.90 Å². The zero-order chi connectivity index (χ0) is 12.0. The molecule has 0 saturated heterocycles. The van der Waals surface area contributed by atoms with E-state index in [0.717, 1.165) is 0 Å². The third-order valence-electron chi connectivity index (χ3n) is 2.92. The molecule has 86 valence electrons. The Morgan fingerprint density at radius 2 is 2.00 bits per heavy atom. The van der Waals surface area contributed by atoms with Crippen molar-refractivity contribution < 1.29 is 18.7 Å². The molecule has 1 aliphatic carbocycles. The van der Waals surface area contributed by atoms with Crippen LogP contribution in [0.3, 0.4) is 0 Å². The molecule has 1 aliphatic rings. The molecule has 2 nitrogen and oxygen atoms in total. The van der Waals surface area contributed by atoms with Crippen molar-refractivity contribution in [2.45, 2.75) is 22.7 Å². The lowest BCUT2D eigenvalue weighted by Crippen LogP contribution is -2.27. The maximum absolute atomic E-state index is 13.3. The van der Waals surface area contributed by atoms with Gasteiger partial charge >= 0.3 is 5.97 Å². The van der Waals surface area contributed by atoms with Crippen molar-refractivity contribution in [2.75, 3.05) is 6.26 Å². The van der Waals surface area contributed by atoms with Crippen molar-refractivity contribution >= 4 is 17.7 Å². The quantitative estimate of drug-likeness (QED) is 0.831. The Morgan fingerprint density at radius 1 is 1.44 bits per heavy atom. The predicted molar refractivity (Wildman–Crippen MR) is 57.1 cm³/mol. The van der Waals surface area contributed by atoms with Crippen LogP contribution in [0, 0.1) is 0 Å². The normalized spacial score (nSPS) is 26.4. The number of hydrogen-bond acceptors (Lipinski definition) is 2. The van der Waals surface area contributed by atoms with Crippen molar-refractivity contribution in [3.8, 4) is 0 Å². The molecule has 2 rings (SSSR count). The Bertz CT molecular complexity index is 447. The summed E-state index contributed by atoms with van der Waals surface area (Å²) in [4.78, 5) is 11.7. The predicted octanol–water partition coefficient (Wildman–Crippen LogP) is 2.77. The average molecular weight is 244 g/mol. The third-order valence-corrected chi connectivity index (χ3v) is 3.71. The van der Waals surface area contributed by atoms with Gasteiger partial charge in [0, 0.05) is 11.3 Å². The molecule has 1 fully saturated rings. The first-order chi connectivity index (χ1) is 7.45. The number of hydrogen-bond donors (Lipinski definition) is 1. The molecule has 5 heteroatoms. The first-order valence-corrected chi connectivity index (χ1v) is 5.93. The second kappa shape index (κ2) is 3.45. The average Bonchev–Trinajstić information content (AvgIpc) is 2.83. The van der Waals surface area contributed by atoms with E-state index in [-0.39, 0.29) is 5.56 Å². The topological polar surface area (TPSA) is 37.3 Å². The molecule has 1 N–H and O–H groups in total. The van der Waals surface area contributed by atoms with E-state index in [1.165, 1.54) is 17.8 Å². The van der Waals surface area contributed by atoms with E-state index in [1.807, 2.05) is 0 Å². The standard InChI is InChI=1S/C11H10F2O2S/c1-16-8-5-3-2-4-7(8)10(9(14)15)6-11(10,12)13/h2-5H,6H2,1H3,(H,14,15). The van der Waals surface area contributed by atoms with Crippen LogP contribution >= 0.6 is 11.8 Å². The lowest BCUT2D eigenvalue weighted by molar-refractivity contribution is -0.143. The molecule has 0 heterocycles. The van der Waals surface area contributed by atoms with Crippen molar-refractivity contribution in [2.24, 2.45) is 0 Å². The summed E-state index contributed by atoms with van der Waals surface area (Å²) < 4.78 is 26.6. The summed E-state index contributed by atoms with van der Waals surface area (Å²) >= 11 is 1.28. The molecule has 1 atom stereocenters. The largest absolute Gasteiger partial charge is 0.480 e. The van der Waals surface area contributed by atoms with E-state index in [1.54, 1.807) is 24.5 Å². The second-order valence-corrected chi connectivity index (χ2v) is 4.64. The van der Waals surface area contributed by atoms with Crippen molar-refractivity contribution in [1.82, 2.24) is 0 Å². The van der Waals surface area contributed by atoms with E-state index in [9.17, 15) is 13.6 Å². The van der Waals surface area contributed by atoms with Gasteiger partial charge in [-0.15, -0.1) is 11.8 Å². The molecule has 0 spiro atoms. The van der Waals surface area contributed by atoms with Crippen LogP contribution in [-0.2, 0) is 10.2 Å². The molecule has 1 unspecified atom stereocenters. The highest BCUT2D eigenvalue weighted by Gasteiger charge is 2.77. The molecule has 1 aromatic rings. The first-order valence-electron chi connectivity index (χ1n) is 4.70. The molecule has 0 radical (unpaired) electrons. The Kier molecular flexibility index (Phi) is 2.45. The van der Waals surface area contributed by atoms with Crippen molar-refractivity contribution in [3.05, 3.63) is 29.8 Å². The Hall–Kier alpha value is -1.10.